The number of rotatable bonds is 3. The normalized spacial score (nSPS) is 23.1. The standard InChI is InChI=1S/C17H23NO/c1-14-11-15(2)18(12-14)13-17-9-4-3-7-16(17)8-5-6-10-19/h3-4,7,9,14-15,19H,6,10-13H2,1-2H3. The maximum absolute atomic E-state index is 8.80. The number of nitrogens with zero attached hydrogens (tertiary/aromatic N) is 1. The Kier molecular flexibility index (Phi) is 5.01. The molecule has 102 valence electrons. The predicted molar refractivity (Wildman–Crippen MR) is 78.7 cm³/mol. The first-order valence-corrected chi connectivity index (χ1v) is 7.12. The molecule has 19 heavy (non-hydrogen) atoms. The molecule has 1 aromatic rings. The molecule has 0 saturated carbocycles. The summed E-state index contributed by atoms with van der Waals surface area (Å²) in [4.78, 5) is 2.54. The predicted octanol–water partition coefficient (Wildman–Crippen LogP) is 2.65. The lowest BCUT2D eigenvalue weighted by atomic mass is 10.1. The second kappa shape index (κ2) is 6.75. The van der Waals surface area contributed by atoms with Gasteiger partial charge in [0.15, 0.2) is 0 Å². The van der Waals surface area contributed by atoms with Crippen LogP contribution in [0, 0.1) is 17.8 Å². The Balaban J connectivity index is 2.10. The monoisotopic (exact) mass is 257 g/mol. The van der Waals surface area contributed by atoms with Crippen LogP contribution >= 0.6 is 0 Å². The highest BCUT2D eigenvalue weighted by Gasteiger charge is 2.26. The number of likely N-dealkylation sites (tertiary alicyclic amines) is 1. The quantitative estimate of drug-likeness (QED) is 0.842. The second-order valence-electron chi connectivity index (χ2n) is 5.55. The average molecular weight is 257 g/mol. The number of aliphatic hydroxyl groups is 1. The summed E-state index contributed by atoms with van der Waals surface area (Å²) in [6, 6.07) is 9.01. The summed E-state index contributed by atoms with van der Waals surface area (Å²) < 4.78 is 0. The largest absolute Gasteiger partial charge is 0.395 e. The van der Waals surface area contributed by atoms with Crippen LogP contribution in [-0.2, 0) is 6.54 Å². The summed E-state index contributed by atoms with van der Waals surface area (Å²) in [5, 5.41) is 8.80. The third-order valence-corrected chi connectivity index (χ3v) is 3.76. The highest BCUT2D eigenvalue weighted by Crippen LogP contribution is 2.24. The van der Waals surface area contributed by atoms with E-state index in [4.69, 9.17) is 5.11 Å². The van der Waals surface area contributed by atoms with E-state index >= 15 is 0 Å². The van der Waals surface area contributed by atoms with E-state index in [0.717, 1.165) is 18.0 Å². The fraction of sp³-hybridized carbons (Fsp3) is 0.529. The van der Waals surface area contributed by atoms with Gasteiger partial charge in [-0.3, -0.25) is 4.90 Å². The maximum atomic E-state index is 8.80. The minimum Gasteiger partial charge on any atom is -0.395 e. The van der Waals surface area contributed by atoms with Crippen molar-refractivity contribution in [2.45, 2.75) is 39.3 Å². The van der Waals surface area contributed by atoms with Crippen LogP contribution in [0.5, 0.6) is 0 Å². The number of hydrogen-bond acceptors (Lipinski definition) is 2. The lowest BCUT2D eigenvalue weighted by Crippen LogP contribution is -2.26. The third kappa shape index (κ3) is 3.83. The molecule has 2 unspecified atom stereocenters. The van der Waals surface area contributed by atoms with Crippen molar-refractivity contribution in [3.05, 3.63) is 35.4 Å². The van der Waals surface area contributed by atoms with Crippen LogP contribution in [0.15, 0.2) is 24.3 Å². The highest BCUT2D eigenvalue weighted by molar-refractivity contribution is 5.41. The molecule has 0 aromatic heterocycles. The van der Waals surface area contributed by atoms with Crippen LogP contribution in [0.25, 0.3) is 0 Å². The topological polar surface area (TPSA) is 23.5 Å². The van der Waals surface area contributed by atoms with Crippen molar-refractivity contribution < 1.29 is 5.11 Å². The Morgan fingerprint density at radius 2 is 2.11 bits per heavy atom. The molecule has 0 bridgehead atoms. The molecule has 1 N–H and O–H groups in total. The molecule has 0 radical (unpaired) electrons. The summed E-state index contributed by atoms with van der Waals surface area (Å²) in [7, 11) is 0. The first-order chi connectivity index (χ1) is 9.20. The van der Waals surface area contributed by atoms with Gasteiger partial charge < -0.3 is 5.11 Å². The molecule has 0 aliphatic carbocycles. The van der Waals surface area contributed by atoms with Gasteiger partial charge >= 0.3 is 0 Å². The smallest absolute Gasteiger partial charge is 0.0540 e. The van der Waals surface area contributed by atoms with Gasteiger partial charge in [0.1, 0.15) is 0 Å². The molecule has 0 spiro atoms. The Bertz CT molecular complexity index is 472. The Morgan fingerprint density at radius 1 is 1.32 bits per heavy atom. The van der Waals surface area contributed by atoms with Gasteiger partial charge in [-0.2, -0.15) is 0 Å². The van der Waals surface area contributed by atoms with Gasteiger partial charge in [0.25, 0.3) is 0 Å². The zero-order valence-corrected chi connectivity index (χ0v) is 11.9. The maximum Gasteiger partial charge on any atom is 0.0540 e. The van der Waals surface area contributed by atoms with E-state index in [0.29, 0.717) is 12.5 Å². The van der Waals surface area contributed by atoms with Crippen LogP contribution in [0.3, 0.4) is 0 Å². The van der Waals surface area contributed by atoms with Gasteiger partial charge in [0.05, 0.1) is 6.61 Å². The zero-order chi connectivity index (χ0) is 13.7. The molecule has 0 amide bonds. The summed E-state index contributed by atoms with van der Waals surface area (Å²) in [5.41, 5.74) is 2.40. The molecular formula is C17H23NO. The van der Waals surface area contributed by atoms with Gasteiger partial charge in [-0.1, -0.05) is 37.0 Å². The number of hydrogen-bond donors (Lipinski definition) is 1. The lowest BCUT2D eigenvalue weighted by molar-refractivity contribution is 0.256. The number of aliphatic hydroxyl groups excluding tert-OH is 1. The summed E-state index contributed by atoms with van der Waals surface area (Å²) in [6.45, 7) is 6.93. The highest BCUT2D eigenvalue weighted by atomic mass is 16.2. The van der Waals surface area contributed by atoms with Crippen molar-refractivity contribution in [1.82, 2.24) is 4.90 Å². The van der Waals surface area contributed by atoms with Crippen LogP contribution in [0.4, 0.5) is 0 Å². The molecular weight excluding hydrogens is 234 g/mol. The van der Waals surface area contributed by atoms with Gasteiger partial charge in [-0.05, 0) is 30.9 Å². The molecule has 2 nitrogen and oxygen atoms in total. The summed E-state index contributed by atoms with van der Waals surface area (Å²) in [6.07, 6.45) is 1.84. The Morgan fingerprint density at radius 3 is 2.79 bits per heavy atom. The molecule has 1 aliphatic rings. The Labute approximate surface area is 116 Å². The van der Waals surface area contributed by atoms with Crippen molar-refractivity contribution in [3.63, 3.8) is 0 Å². The zero-order valence-electron chi connectivity index (χ0n) is 11.9. The van der Waals surface area contributed by atoms with Crippen molar-refractivity contribution >= 4 is 0 Å². The first kappa shape index (κ1) is 14.1. The first-order valence-electron chi connectivity index (χ1n) is 7.12. The van der Waals surface area contributed by atoms with Crippen LogP contribution in [-0.4, -0.2) is 29.2 Å². The van der Waals surface area contributed by atoms with Crippen LogP contribution in [0.1, 0.15) is 37.8 Å². The second-order valence-corrected chi connectivity index (χ2v) is 5.55. The van der Waals surface area contributed by atoms with E-state index in [9.17, 15) is 0 Å². The van der Waals surface area contributed by atoms with Gasteiger partial charge in [-0.25, -0.2) is 0 Å². The number of benzene rings is 1. The fourth-order valence-electron chi connectivity index (χ4n) is 2.82. The molecule has 1 heterocycles. The van der Waals surface area contributed by atoms with Crippen LogP contribution in [0.2, 0.25) is 0 Å². The Hall–Kier alpha value is -1.30. The van der Waals surface area contributed by atoms with E-state index < -0.39 is 0 Å². The van der Waals surface area contributed by atoms with Crippen molar-refractivity contribution in [1.29, 1.82) is 0 Å². The lowest BCUT2D eigenvalue weighted by Gasteiger charge is -2.21. The SMILES string of the molecule is CC1CC(C)N(Cc2ccccc2C#CCCO)C1. The van der Waals surface area contributed by atoms with Gasteiger partial charge in [-0.15, -0.1) is 0 Å². The van der Waals surface area contributed by atoms with Crippen LogP contribution < -0.4 is 0 Å². The fourth-order valence-corrected chi connectivity index (χ4v) is 2.82. The van der Waals surface area contributed by atoms with E-state index in [1.165, 1.54) is 18.5 Å². The van der Waals surface area contributed by atoms with Crippen molar-refractivity contribution in [2.24, 2.45) is 5.92 Å². The van der Waals surface area contributed by atoms with Gasteiger partial charge in [0.2, 0.25) is 0 Å². The van der Waals surface area contributed by atoms with E-state index in [1.807, 2.05) is 6.07 Å². The third-order valence-electron chi connectivity index (χ3n) is 3.76. The average Bonchev–Trinajstić information content (AvgIpc) is 2.70. The molecule has 1 aliphatic heterocycles. The molecule has 2 atom stereocenters. The molecule has 1 saturated heterocycles. The minimum absolute atomic E-state index is 0.135. The summed E-state index contributed by atoms with van der Waals surface area (Å²) in [5.74, 6) is 6.99. The van der Waals surface area contributed by atoms with Crippen molar-refractivity contribution in [3.8, 4) is 11.8 Å². The van der Waals surface area contributed by atoms with E-state index in [2.05, 4.69) is 48.8 Å². The van der Waals surface area contributed by atoms with E-state index in [-0.39, 0.29) is 6.61 Å². The van der Waals surface area contributed by atoms with E-state index in [1.54, 1.807) is 0 Å². The summed E-state index contributed by atoms with van der Waals surface area (Å²) >= 11 is 0. The minimum atomic E-state index is 0.135. The van der Waals surface area contributed by atoms with Gasteiger partial charge in [0, 0.05) is 31.1 Å². The molecule has 1 fully saturated rings. The van der Waals surface area contributed by atoms with Crippen molar-refractivity contribution in [2.75, 3.05) is 13.2 Å². The molecule has 1 aromatic carbocycles. The molecule has 2 heteroatoms. The molecule has 2 rings (SSSR count).